The highest BCUT2D eigenvalue weighted by Gasteiger charge is 2.16. The molecule has 0 unspecified atom stereocenters. The first kappa shape index (κ1) is 21.0. The Kier molecular flexibility index (Phi) is 11.3. The smallest absolute Gasteiger partial charge is 0.191 e. The number of unbranched alkanes of at least 4 members (excludes halogenated alkanes) is 2. The Morgan fingerprint density at radius 1 is 1.04 bits per heavy atom. The van der Waals surface area contributed by atoms with Crippen LogP contribution in [0.15, 0.2) is 4.99 Å². The van der Waals surface area contributed by atoms with Crippen LogP contribution < -0.4 is 5.73 Å². The van der Waals surface area contributed by atoms with Crippen LogP contribution in [0.2, 0.25) is 0 Å². The van der Waals surface area contributed by atoms with Gasteiger partial charge in [-0.05, 0) is 50.9 Å². The number of rotatable bonds is 7. The van der Waals surface area contributed by atoms with E-state index >= 15 is 0 Å². The van der Waals surface area contributed by atoms with Crippen LogP contribution in [0.25, 0.3) is 0 Å². The van der Waals surface area contributed by atoms with Gasteiger partial charge >= 0.3 is 0 Å². The molecule has 1 heterocycles. The molecule has 2 rings (SSSR count). The first-order valence-electron chi connectivity index (χ1n) is 9.42. The lowest BCUT2D eigenvalue weighted by molar-refractivity contribution is 0.0264. The molecule has 1 saturated heterocycles. The summed E-state index contributed by atoms with van der Waals surface area (Å²) < 4.78 is 5.95. The number of hydrogen-bond donors (Lipinski definition) is 1. The summed E-state index contributed by atoms with van der Waals surface area (Å²) in [5, 5.41) is 0. The number of aliphatic imine (C=N–C) groups is 1. The fourth-order valence-electron chi connectivity index (χ4n) is 3.40. The number of nitrogens with two attached hydrogens (primary N) is 1. The molecule has 0 atom stereocenters. The maximum atomic E-state index is 6.08. The molecule has 2 N–H and O–H groups in total. The van der Waals surface area contributed by atoms with Crippen molar-refractivity contribution in [2.45, 2.75) is 77.2 Å². The van der Waals surface area contributed by atoms with Crippen LogP contribution in [-0.4, -0.2) is 43.2 Å². The molecule has 2 fully saturated rings. The van der Waals surface area contributed by atoms with Gasteiger partial charge in [0.1, 0.15) is 0 Å². The highest BCUT2D eigenvalue weighted by molar-refractivity contribution is 14.0. The third-order valence-corrected chi connectivity index (χ3v) is 5.09. The largest absolute Gasteiger partial charge is 0.378 e. The molecule has 1 saturated carbocycles. The molecule has 0 radical (unpaired) electrons. The predicted molar refractivity (Wildman–Crippen MR) is 109 cm³/mol. The minimum Gasteiger partial charge on any atom is -0.378 e. The zero-order chi connectivity index (χ0) is 15.6. The van der Waals surface area contributed by atoms with Crippen LogP contribution >= 0.6 is 24.0 Å². The van der Waals surface area contributed by atoms with E-state index in [1.54, 1.807) is 0 Å². The van der Waals surface area contributed by atoms with Crippen molar-refractivity contribution in [2.24, 2.45) is 16.6 Å². The summed E-state index contributed by atoms with van der Waals surface area (Å²) in [6.45, 7) is 6.26. The minimum absolute atomic E-state index is 0. The molecular weight excluding hydrogens is 401 g/mol. The molecule has 1 aliphatic carbocycles. The van der Waals surface area contributed by atoms with Crippen LogP contribution in [0.1, 0.15) is 71.1 Å². The van der Waals surface area contributed by atoms with E-state index in [4.69, 9.17) is 10.5 Å². The van der Waals surface area contributed by atoms with Gasteiger partial charge in [0.2, 0.25) is 0 Å². The molecule has 0 bridgehead atoms. The van der Waals surface area contributed by atoms with E-state index < -0.39 is 0 Å². The average molecular weight is 437 g/mol. The average Bonchev–Trinajstić information content (AvgIpc) is 2.55. The summed E-state index contributed by atoms with van der Waals surface area (Å²) in [5.41, 5.74) is 6.08. The minimum atomic E-state index is 0. The Labute approximate surface area is 159 Å². The highest BCUT2D eigenvalue weighted by Crippen LogP contribution is 2.20. The van der Waals surface area contributed by atoms with Gasteiger partial charge in [0.25, 0.3) is 0 Å². The van der Waals surface area contributed by atoms with Crippen molar-refractivity contribution < 1.29 is 4.74 Å². The summed E-state index contributed by atoms with van der Waals surface area (Å²) in [5.74, 6) is 1.60. The Morgan fingerprint density at radius 2 is 1.74 bits per heavy atom. The Morgan fingerprint density at radius 3 is 2.43 bits per heavy atom. The van der Waals surface area contributed by atoms with Crippen LogP contribution in [0.5, 0.6) is 0 Å². The Bertz CT molecular complexity index is 324. The number of nitrogens with zero attached hydrogens (tertiary/aromatic N) is 2. The van der Waals surface area contributed by atoms with Gasteiger partial charge in [0.05, 0.1) is 6.10 Å². The van der Waals surface area contributed by atoms with Gasteiger partial charge in [-0.25, -0.2) is 0 Å². The quantitative estimate of drug-likeness (QED) is 0.282. The van der Waals surface area contributed by atoms with E-state index in [0.717, 1.165) is 51.0 Å². The van der Waals surface area contributed by atoms with Crippen LogP contribution in [0, 0.1) is 5.92 Å². The molecule has 23 heavy (non-hydrogen) atoms. The topological polar surface area (TPSA) is 50.8 Å². The number of guanidine groups is 1. The molecule has 0 aromatic rings. The summed E-state index contributed by atoms with van der Waals surface area (Å²) in [7, 11) is 0. The summed E-state index contributed by atoms with van der Waals surface area (Å²) in [4.78, 5) is 6.78. The fraction of sp³-hybridized carbons (Fsp3) is 0.944. The predicted octanol–water partition coefficient (Wildman–Crippen LogP) is 4.17. The third kappa shape index (κ3) is 8.57. The third-order valence-electron chi connectivity index (χ3n) is 5.09. The van der Waals surface area contributed by atoms with Crippen LogP contribution in [0.4, 0.5) is 0 Å². The second-order valence-electron chi connectivity index (χ2n) is 7.10. The lowest BCUT2D eigenvalue weighted by Gasteiger charge is -2.31. The maximum Gasteiger partial charge on any atom is 0.191 e. The zero-order valence-electron chi connectivity index (χ0n) is 14.8. The number of ether oxygens (including phenoxy) is 1. The molecule has 2 aliphatic rings. The lowest BCUT2D eigenvalue weighted by Crippen LogP contribution is -2.42. The van der Waals surface area contributed by atoms with Gasteiger partial charge in [-0.1, -0.05) is 26.2 Å². The standard InChI is InChI=1S/C18H35N3O.HI/c1-16-10-13-21(14-11-16)18(19)20-12-6-3-7-15-22-17-8-4-2-5-9-17;/h16-17H,2-15H2,1H3,(H2,19,20);1H. The summed E-state index contributed by atoms with van der Waals surface area (Å²) >= 11 is 0. The number of hydrogen-bond acceptors (Lipinski definition) is 2. The molecule has 0 aromatic carbocycles. The van der Waals surface area contributed by atoms with Crippen LogP contribution in [0.3, 0.4) is 0 Å². The molecule has 0 spiro atoms. The summed E-state index contributed by atoms with van der Waals surface area (Å²) in [6, 6.07) is 0. The van der Waals surface area contributed by atoms with Crippen molar-refractivity contribution in [3.63, 3.8) is 0 Å². The molecular formula is C18H36IN3O. The molecule has 4 nitrogen and oxygen atoms in total. The second-order valence-corrected chi connectivity index (χ2v) is 7.10. The van der Waals surface area contributed by atoms with Crippen molar-refractivity contribution in [3.8, 4) is 0 Å². The molecule has 136 valence electrons. The zero-order valence-corrected chi connectivity index (χ0v) is 17.2. The first-order chi connectivity index (χ1) is 10.8. The van der Waals surface area contributed by atoms with Crippen molar-refractivity contribution in [1.29, 1.82) is 0 Å². The van der Waals surface area contributed by atoms with Crippen molar-refractivity contribution in [1.82, 2.24) is 4.90 Å². The second kappa shape index (κ2) is 12.3. The van der Waals surface area contributed by atoms with Crippen molar-refractivity contribution in [3.05, 3.63) is 0 Å². The van der Waals surface area contributed by atoms with Crippen molar-refractivity contribution in [2.75, 3.05) is 26.2 Å². The van der Waals surface area contributed by atoms with Crippen LogP contribution in [-0.2, 0) is 4.74 Å². The molecule has 0 amide bonds. The van der Waals surface area contributed by atoms with Gasteiger partial charge in [0, 0.05) is 26.2 Å². The Balaban J connectivity index is 0.00000264. The molecule has 0 aromatic heterocycles. The molecule has 1 aliphatic heterocycles. The number of likely N-dealkylation sites (tertiary alicyclic amines) is 1. The van der Waals surface area contributed by atoms with Crippen molar-refractivity contribution >= 4 is 29.9 Å². The lowest BCUT2D eigenvalue weighted by atomic mass is 9.98. The normalized spacial score (nSPS) is 21.3. The first-order valence-corrected chi connectivity index (χ1v) is 9.42. The monoisotopic (exact) mass is 437 g/mol. The van der Waals surface area contributed by atoms with Gasteiger partial charge in [-0.3, -0.25) is 4.99 Å². The Hall–Kier alpha value is -0.0400. The number of piperidine rings is 1. The highest BCUT2D eigenvalue weighted by atomic mass is 127. The van der Waals surface area contributed by atoms with E-state index in [0.29, 0.717) is 6.10 Å². The van der Waals surface area contributed by atoms with Gasteiger partial charge in [-0.15, -0.1) is 24.0 Å². The van der Waals surface area contributed by atoms with Gasteiger partial charge in [0.15, 0.2) is 5.96 Å². The number of halogens is 1. The van der Waals surface area contributed by atoms with E-state index in [1.807, 2.05) is 0 Å². The van der Waals surface area contributed by atoms with E-state index in [9.17, 15) is 0 Å². The van der Waals surface area contributed by atoms with E-state index in [1.165, 1.54) is 51.4 Å². The SMILES string of the molecule is CC1CCN(C(N)=NCCCCCOC2CCCCC2)CC1.I. The molecule has 5 heteroatoms. The summed E-state index contributed by atoms with van der Waals surface area (Å²) in [6.07, 6.45) is 13.2. The van der Waals surface area contributed by atoms with E-state index in [2.05, 4.69) is 16.8 Å². The van der Waals surface area contributed by atoms with E-state index in [-0.39, 0.29) is 24.0 Å². The van der Waals surface area contributed by atoms with Gasteiger partial charge < -0.3 is 15.4 Å². The fourth-order valence-corrected chi connectivity index (χ4v) is 3.40. The van der Waals surface area contributed by atoms with Gasteiger partial charge in [-0.2, -0.15) is 0 Å². The maximum absolute atomic E-state index is 6.08.